The molecule has 0 aliphatic heterocycles. The second kappa shape index (κ2) is 9.13. The molecule has 0 aliphatic rings. The molecule has 3 aromatic rings. The number of non-ortho nitro benzene ring substituents is 1. The number of rotatable bonds is 6. The highest BCUT2D eigenvalue weighted by Gasteiger charge is 2.14. The minimum absolute atomic E-state index is 0.0517. The summed E-state index contributed by atoms with van der Waals surface area (Å²) in [6.45, 7) is 3.98. The molecule has 0 aliphatic carbocycles. The molecule has 2 amide bonds. The van der Waals surface area contributed by atoms with Crippen LogP contribution in [0, 0.1) is 24.0 Å². The van der Waals surface area contributed by atoms with Gasteiger partial charge in [-0.1, -0.05) is 23.9 Å². The fourth-order valence-corrected chi connectivity index (χ4v) is 3.10. The number of nitro groups is 1. The van der Waals surface area contributed by atoms with Crippen LogP contribution in [0.15, 0.2) is 47.6 Å². The third kappa shape index (κ3) is 4.97. The van der Waals surface area contributed by atoms with E-state index in [2.05, 4.69) is 26.4 Å². The molecule has 154 valence electrons. The summed E-state index contributed by atoms with van der Waals surface area (Å²) in [6, 6.07) is 11.0. The number of tetrazole rings is 1. The normalized spacial score (nSPS) is 10.5. The number of nitrogens with zero attached hydrogens (tertiary/aromatic N) is 5. The van der Waals surface area contributed by atoms with Crippen molar-refractivity contribution in [2.24, 2.45) is 0 Å². The molecule has 0 radical (unpaired) electrons. The summed E-state index contributed by atoms with van der Waals surface area (Å²) in [5.41, 5.74) is 7.31. The van der Waals surface area contributed by atoms with E-state index < -0.39 is 16.7 Å². The van der Waals surface area contributed by atoms with Gasteiger partial charge in [0, 0.05) is 17.7 Å². The highest BCUT2D eigenvalue weighted by atomic mass is 32.2. The molecule has 11 nitrogen and oxygen atoms in total. The topological polar surface area (TPSA) is 145 Å². The van der Waals surface area contributed by atoms with E-state index >= 15 is 0 Å². The van der Waals surface area contributed by atoms with Crippen molar-refractivity contribution >= 4 is 29.3 Å². The first-order chi connectivity index (χ1) is 14.3. The van der Waals surface area contributed by atoms with Crippen molar-refractivity contribution in [2.75, 3.05) is 5.75 Å². The van der Waals surface area contributed by atoms with Gasteiger partial charge in [-0.25, -0.2) is 0 Å². The first-order valence-corrected chi connectivity index (χ1v) is 9.66. The van der Waals surface area contributed by atoms with Crippen molar-refractivity contribution in [3.8, 4) is 5.69 Å². The fraction of sp³-hybridized carbons (Fsp3) is 0.167. The van der Waals surface area contributed by atoms with E-state index in [0.29, 0.717) is 5.16 Å². The average Bonchev–Trinajstić information content (AvgIpc) is 3.21. The Kier molecular flexibility index (Phi) is 6.37. The third-order valence-corrected chi connectivity index (χ3v) is 5.06. The minimum atomic E-state index is -0.669. The molecular formula is C18H17N7O4S. The van der Waals surface area contributed by atoms with E-state index in [0.717, 1.165) is 34.6 Å². The van der Waals surface area contributed by atoms with Crippen molar-refractivity contribution in [1.29, 1.82) is 0 Å². The molecule has 1 heterocycles. The van der Waals surface area contributed by atoms with E-state index in [4.69, 9.17) is 0 Å². The number of aromatic nitrogens is 4. The predicted molar refractivity (Wildman–Crippen MR) is 108 cm³/mol. The average molecular weight is 427 g/mol. The number of nitrogens with one attached hydrogen (secondary N) is 2. The second-order valence-corrected chi connectivity index (χ2v) is 7.18. The van der Waals surface area contributed by atoms with E-state index in [1.54, 1.807) is 0 Å². The maximum Gasteiger partial charge on any atom is 0.270 e. The lowest BCUT2D eigenvalue weighted by Gasteiger charge is -2.08. The summed E-state index contributed by atoms with van der Waals surface area (Å²) in [5.74, 6) is -1.22. The Labute approximate surface area is 175 Å². The lowest BCUT2D eigenvalue weighted by atomic mass is 10.1. The summed E-state index contributed by atoms with van der Waals surface area (Å²) in [6.07, 6.45) is 0. The lowest BCUT2D eigenvalue weighted by Crippen LogP contribution is -2.42. The number of nitro benzene ring substituents is 1. The zero-order chi connectivity index (χ0) is 21.7. The SMILES string of the molecule is Cc1ccc(-n2nnnc2SCC(=O)NNC(=O)c2cccc([N+](=O)[O-])c2)cc1C. The van der Waals surface area contributed by atoms with E-state index in [-0.39, 0.29) is 17.0 Å². The Morgan fingerprint density at radius 3 is 2.67 bits per heavy atom. The van der Waals surface area contributed by atoms with Crippen molar-refractivity contribution < 1.29 is 14.5 Å². The summed E-state index contributed by atoms with van der Waals surface area (Å²) in [4.78, 5) is 34.3. The van der Waals surface area contributed by atoms with Gasteiger partial charge >= 0.3 is 0 Å². The number of amides is 2. The largest absolute Gasteiger partial charge is 0.272 e. The number of hydrogen-bond donors (Lipinski definition) is 2. The van der Waals surface area contributed by atoms with Crippen molar-refractivity contribution in [3.63, 3.8) is 0 Å². The number of aryl methyl sites for hydroxylation is 2. The first kappa shape index (κ1) is 20.9. The molecule has 3 rings (SSSR count). The standard InChI is InChI=1S/C18H17N7O4S/c1-11-6-7-14(8-12(11)2)24-18(21-22-23-24)30-10-16(26)19-20-17(27)13-4-3-5-15(9-13)25(28)29/h3-9H,10H2,1-2H3,(H,19,26)(H,20,27). The molecular weight excluding hydrogens is 410 g/mol. The Morgan fingerprint density at radius 1 is 1.13 bits per heavy atom. The minimum Gasteiger partial charge on any atom is -0.272 e. The van der Waals surface area contributed by atoms with Crippen LogP contribution in [0.1, 0.15) is 21.5 Å². The number of carbonyl (C=O) groups is 2. The maximum atomic E-state index is 12.1. The van der Waals surface area contributed by atoms with Crippen molar-refractivity contribution in [2.45, 2.75) is 19.0 Å². The van der Waals surface area contributed by atoms with Gasteiger partial charge in [-0.05, 0) is 53.6 Å². The van der Waals surface area contributed by atoms with Gasteiger partial charge in [0.05, 0.1) is 16.4 Å². The van der Waals surface area contributed by atoms with Gasteiger partial charge in [0.15, 0.2) is 0 Å². The van der Waals surface area contributed by atoms with Gasteiger partial charge in [0.2, 0.25) is 11.1 Å². The van der Waals surface area contributed by atoms with Gasteiger partial charge in [-0.15, -0.1) is 5.10 Å². The Morgan fingerprint density at radius 2 is 1.93 bits per heavy atom. The maximum absolute atomic E-state index is 12.1. The van der Waals surface area contributed by atoms with E-state index in [1.807, 2.05) is 32.0 Å². The lowest BCUT2D eigenvalue weighted by molar-refractivity contribution is -0.384. The van der Waals surface area contributed by atoms with Crippen LogP contribution in [0.4, 0.5) is 5.69 Å². The van der Waals surface area contributed by atoms with Crippen molar-refractivity contribution in [3.05, 3.63) is 69.3 Å². The van der Waals surface area contributed by atoms with Gasteiger partial charge in [-0.3, -0.25) is 30.6 Å². The molecule has 0 saturated carbocycles. The Hall–Kier alpha value is -3.80. The monoisotopic (exact) mass is 427 g/mol. The Bertz CT molecular complexity index is 1120. The molecule has 0 bridgehead atoms. The van der Waals surface area contributed by atoms with Crippen LogP contribution in [-0.4, -0.2) is 42.7 Å². The first-order valence-electron chi connectivity index (χ1n) is 8.67. The second-order valence-electron chi connectivity index (χ2n) is 6.24. The number of carbonyl (C=O) groups excluding carboxylic acids is 2. The number of hydrazine groups is 1. The predicted octanol–water partition coefficient (Wildman–Crippen LogP) is 1.74. The molecule has 2 N–H and O–H groups in total. The highest BCUT2D eigenvalue weighted by molar-refractivity contribution is 7.99. The number of benzene rings is 2. The van der Waals surface area contributed by atoms with Gasteiger partial charge < -0.3 is 0 Å². The zero-order valence-corrected chi connectivity index (χ0v) is 16.8. The van der Waals surface area contributed by atoms with Gasteiger partial charge in [-0.2, -0.15) is 4.68 Å². The summed E-state index contributed by atoms with van der Waals surface area (Å²) < 4.78 is 1.52. The molecule has 0 saturated heterocycles. The zero-order valence-electron chi connectivity index (χ0n) is 16.0. The third-order valence-electron chi connectivity index (χ3n) is 4.14. The quantitative estimate of drug-likeness (QED) is 0.344. The molecule has 0 spiro atoms. The summed E-state index contributed by atoms with van der Waals surface area (Å²) >= 11 is 1.09. The molecule has 30 heavy (non-hydrogen) atoms. The van der Waals surface area contributed by atoms with Crippen LogP contribution in [0.5, 0.6) is 0 Å². The number of thioether (sulfide) groups is 1. The van der Waals surface area contributed by atoms with Crippen LogP contribution in [0.25, 0.3) is 5.69 Å². The van der Waals surface area contributed by atoms with E-state index in [1.165, 1.54) is 22.9 Å². The molecule has 1 aromatic heterocycles. The smallest absolute Gasteiger partial charge is 0.270 e. The highest BCUT2D eigenvalue weighted by Crippen LogP contribution is 2.20. The fourth-order valence-electron chi connectivity index (χ4n) is 2.41. The molecule has 12 heteroatoms. The van der Waals surface area contributed by atoms with Crippen LogP contribution >= 0.6 is 11.8 Å². The molecule has 0 atom stereocenters. The van der Waals surface area contributed by atoms with E-state index in [9.17, 15) is 19.7 Å². The molecule has 2 aromatic carbocycles. The van der Waals surface area contributed by atoms with Gasteiger partial charge in [0.1, 0.15) is 0 Å². The van der Waals surface area contributed by atoms with Gasteiger partial charge in [0.25, 0.3) is 11.6 Å². The summed E-state index contributed by atoms with van der Waals surface area (Å²) in [5, 5.41) is 22.7. The number of hydrogen-bond acceptors (Lipinski definition) is 8. The van der Waals surface area contributed by atoms with Crippen LogP contribution in [0.2, 0.25) is 0 Å². The van der Waals surface area contributed by atoms with Crippen LogP contribution < -0.4 is 10.9 Å². The summed E-state index contributed by atoms with van der Waals surface area (Å²) in [7, 11) is 0. The van der Waals surface area contributed by atoms with Crippen LogP contribution in [-0.2, 0) is 4.79 Å². The molecule has 0 fully saturated rings. The van der Waals surface area contributed by atoms with Crippen LogP contribution in [0.3, 0.4) is 0 Å². The Balaban J connectivity index is 1.56. The molecule has 0 unspecified atom stereocenters. The van der Waals surface area contributed by atoms with Crippen molar-refractivity contribution in [1.82, 2.24) is 31.1 Å².